The summed E-state index contributed by atoms with van der Waals surface area (Å²) in [5.74, 6) is -1.37. The minimum Gasteiger partial charge on any atom is -0.280 e. The third-order valence-electron chi connectivity index (χ3n) is 3.17. The van der Waals surface area contributed by atoms with Crippen molar-refractivity contribution in [3.63, 3.8) is 0 Å². The molecule has 0 amide bonds. The summed E-state index contributed by atoms with van der Waals surface area (Å²) in [6.45, 7) is 2.08. The van der Waals surface area contributed by atoms with Crippen molar-refractivity contribution >= 4 is 0 Å². The molecule has 120 valence electrons. The van der Waals surface area contributed by atoms with Gasteiger partial charge in [-0.2, -0.15) is 18.3 Å². The van der Waals surface area contributed by atoms with Crippen molar-refractivity contribution in [1.82, 2.24) is 14.7 Å². The summed E-state index contributed by atoms with van der Waals surface area (Å²) < 4.78 is 65.8. The van der Waals surface area contributed by atoms with Crippen LogP contribution >= 0.6 is 0 Å². The van der Waals surface area contributed by atoms with Crippen molar-refractivity contribution in [1.29, 1.82) is 0 Å². The van der Waals surface area contributed by atoms with E-state index < -0.39 is 23.5 Å². The highest BCUT2D eigenvalue weighted by Crippen LogP contribution is 2.27. The number of hydrogen-bond donors (Lipinski definition) is 0. The molecule has 0 N–H and O–H groups in total. The van der Waals surface area contributed by atoms with Crippen molar-refractivity contribution in [2.24, 2.45) is 0 Å². The zero-order chi connectivity index (χ0) is 16.3. The largest absolute Gasteiger partial charge is 0.435 e. The molecule has 8 heteroatoms. The topological polar surface area (TPSA) is 21.1 Å². The maximum absolute atomic E-state index is 13.6. The summed E-state index contributed by atoms with van der Waals surface area (Å²) in [6.07, 6.45) is -3.33. The van der Waals surface area contributed by atoms with Crippen LogP contribution in [0.15, 0.2) is 30.5 Å². The van der Waals surface area contributed by atoms with E-state index in [1.54, 1.807) is 11.8 Å². The van der Waals surface area contributed by atoms with E-state index in [0.717, 1.165) is 22.9 Å². The Labute approximate surface area is 124 Å². The Kier molecular flexibility index (Phi) is 4.80. The molecule has 0 bridgehead atoms. The number of benzene rings is 1. The minimum atomic E-state index is -4.51. The van der Waals surface area contributed by atoms with Gasteiger partial charge in [-0.3, -0.25) is 9.58 Å². The molecule has 0 aliphatic heterocycles. The monoisotopic (exact) mass is 319 g/mol. The van der Waals surface area contributed by atoms with Crippen LogP contribution in [0.3, 0.4) is 0 Å². The minimum absolute atomic E-state index is 0.000351. The van der Waals surface area contributed by atoms with Gasteiger partial charge < -0.3 is 0 Å². The van der Waals surface area contributed by atoms with Crippen LogP contribution in [0.2, 0.25) is 0 Å². The standard InChI is InChI=1S/C14H14F5N3/c1-2-21(8-10-11(15)4-3-5-12(10)16)9-22-7-6-13(20-22)14(17,18)19/h3-7H,2,8-9H2,1H3. The fourth-order valence-electron chi connectivity index (χ4n) is 1.97. The van der Waals surface area contributed by atoms with Crippen LogP contribution in [0, 0.1) is 11.6 Å². The van der Waals surface area contributed by atoms with Gasteiger partial charge in [-0.15, -0.1) is 0 Å². The number of nitrogens with zero attached hydrogens (tertiary/aromatic N) is 3. The average Bonchev–Trinajstić information content (AvgIpc) is 2.90. The second kappa shape index (κ2) is 6.43. The molecule has 22 heavy (non-hydrogen) atoms. The fourth-order valence-corrected chi connectivity index (χ4v) is 1.97. The highest BCUT2D eigenvalue weighted by molar-refractivity contribution is 5.19. The van der Waals surface area contributed by atoms with E-state index in [-0.39, 0.29) is 18.8 Å². The maximum atomic E-state index is 13.6. The number of halogens is 5. The Morgan fingerprint density at radius 3 is 2.27 bits per heavy atom. The quantitative estimate of drug-likeness (QED) is 0.784. The normalized spacial score (nSPS) is 12.1. The van der Waals surface area contributed by atoms with E-state index in [1.165, 1.54) is 12.3 Å². The summed E-state index contributed by atoms with van der Waals surface area (Å²) >= 11 is 0. The van der Waals surface area contributed by atoms with Crippen molar-refractivity contribution in [2.45, 2.75) is 26.3 Å². The Balaban J connectivity index is 2.11. The van der Waals surface area contributed by atoms with Gasteiger partial charge in [-0.1, -0.05) is 13.0 Å². The smallest absolute Gasteiger partial charge is 0.280 e. The molecule has 2 rings (SSSR count). The first-order valence-electron chi connectivity index (χ1n) is 6.57. The molecule has 1 aromatic heterocycles. The predicted molar refractivity (Wildman–Crippen MR) is 69.7 cm³/mol. The van der Waals surface area contributed by atoms with E-state index in [1.807, 2.05) is 0 Å². The van der Waals surface area contributed by atoms with E-state index >= 15 is 0 Å². The fraction of sp³-hybridized carbons (Fsp3) is 0.357. The lowest BCUT2D eigenvalue weighted by atomic mass is 10.2. The third kappa shape index (κ3) is 3.82. The molecule has 2 aromatic rings. The molecule has 0 spiro atoms. The van der Waals surface area contributed by atoms with Crippen LogP contribution in [-0.4, -0.2) is 21.2 Å². The lowest BCUT2D eigenvalue weighted by Crippen LogP contribution is -2.27. The molecule has 0 aliphatic rings. The summed E-state index contributed by atoms with van der Waals surface area (Å²) in [5, 5.41) is 3.42. The summed E-state index contributed by atoms with van der Waals surface area (Å²) in [7, 11) is 0. The van der Waals surface area contributed by atoms with Crippen LogP contribution < -0.4 is 0 Å². The second-order valence-corrected chi connectivity index (χ2v) is 4.72. The SMILES string of the molecule is CCN(Cc1c(F)cccc1F)Cn1ccc(C(F)(F)F)n1. The van der Waals surface area contributed by atoms with Gasteiger partial charge in [0.25, 0.3) is 0 Å². The molecule has 0 aliphatic carbocycles. The van der Waals surface area contributed by atoms with E-state index in [2.05, 4.69) is 5.10 Å². The highest BCUT2D eigenvalue weighted by atomic mass is 19.4. The molecular formula is C14H14F5N3. The molecule has 1 heterocycles. The van der Waals surface area contributed by atoms with Gasteiger partial charge in [0.05, 0.1) is 6.67 Å². The summed E-state index contributed by atoms with van der Waals surface area (Å²) in [5.41, 5.74) is -1.12. The van der Waals surface area contributed by atoms with Crippen LogP contribution in [0.25, 0.3) is 0 Å². The van der Waals surface area contributed by atoms with Crippen LogP contribution in [0.1, 0.15) is 18.2 Å². The van der Waals surface area contributed by atoms with Crippen LogP contribution in [-0.2, 0) is 19.4 Å². The Morgan fingerprint density at radius 1 is 1.14 bits per heavy atom. The van der Waals surface area contributed by atoms with E-state index in [0.29, 0.717) is 6.54 Å². The summed E-state index contributed by atoms with van der Waals surface area (Å²) in [4.78, 5) is 1.58. The maximum Gasteiger partial charge on any atom is 0.435 e. The van der Waals surface area contributed by atoms with Crippen molar-refractivity contribution in [3.05, 3.63) is 53.4 Å². The Bertz CT molecular complexity index is 615. The van der Waals surface area contributed by atoms with Crippen molar-refractivity contribution < 1.29 is 22.0 Å². The third-order valence-corrected chi connectivity index (χ3v) is 3.17. The van der Waals surface area contributed by atoms with Gasteiger partial charge >= 0.3 is 6.18 Å². The van der Waals surface area contributed by atoms with Gasteiger partial charge in [0.15, 0.2) is 5.69 Å². The summed E-state index contributed by atoms with van der Waals surface area (Å²) in [6, 6.07) is 4.40. The second-order valence-electron chi connectivity index (χ2n) is 4.72. The van der Waals surface area contributed by atoms with Gasteiger partial charge in [-0.05, 0) is 24.7 Å². The molecule has 0 unspecified atom stereocenters. The van der Waals surface area contributed by atoms with Gasteiger partial charge in [-0.25, -0.2) is 8.78 Å². The van der Waals surface area contributed by atoms with Crippen molar-refractivity contribution in [3.8, 4) is 0 Å². The van der Waals surface area contributed by atoms with Crippen LogP contribution in [0.4, 0.5) is 22.0 Å². The first-order valence-corrected chi connectivity index (χ1v) is 6.57. The average molecular weight is 319 g/mol. The first-order chi connectivity index (χ1) is 10.3. The molecule has 0 saturated carbocycles. The molecule has 0 fully saturated rings. The predicted octanol–water partition coefficient (Wildman–Crippen LogP) is 3.66. The molecule has 0 atom stereocenters. The Morgan fingerprint density at radius 2 is 1.77 bits per heavy atom. The van der Waals surface area contributed by atoms with E-state index in [9.17, 15) is 22.0 Å². The molecule has 3 nitrogen and oxygen atoms in total. The first kappa shape index (κ1) is 16.4. The molecular weight excluding hydrogens is 305 g/mol. The van der Waals surface area contributed by atoms with Crippen LogP contribution in [0.5, 0.6) is 0 Å². The number of aromatic nitrogens is 2. The number of rotatable bonds is 5. The van der Waals surface area contributed by atoms with Gasteiger partial charge in [0.1, 0.15) is 11.6 Å². The molecule has 0 saturated heterocycles. The highest BCUT2D eigenvalue weighted by Gasteiger charge is 2.33. The number of hydrogen-bond acceptors (Lipinski definition) is 2. The Hall–Kier alpha value is -1.96. The van der Waals surface area contributed by atoms with Gasteiger partial charge in [0, 0.05) is 18.3 Å². The van der Waals surface area contributed by atoms with E-state index in [4.69, 9.17) is 0 Å². The lowest BCUT2D eigenvalue weighted by Gasteiger charge is -2.21. The van der Waals surface area contributed by atoms with Gasteiger partial charge in [0.2, 0.25) is 0 Å². The molecule has 1 aromatic carbocycles. The van der Waals surface area contributed by atoms with Crippen molar-refractivity contribution in [2.75, 3.05) is 6.54 Å². The lowest BCUT2D eigenvalue weighted by molar-refractivity contribution is -0.141. The zero-order valence-electron chi connectivity index (χ0n) is 11.7. The number of alkyl halides is 3. The zero-order valence-corrected chi connectivity index (χ0v) is 11.7. The molecule has 0 radical (unpaired) electrons.